The lowest BCUT2D eigenvalue weighted by Gasteiger charge is -2.18. The Morgan fingerprint density at radius 1 is 1.15 bits per heavy atom. The van der Waals surface area contributed by atoms with Crippen LogP contribution in [0, 0.1) is 0 Å². The van der Waals surface area contributed by atoms with Gasteiger partial charge in [0.15, 0.2) is 11.7 Å². The highest BCUT2D eigenvalue weighted by atomic mass is 79.9. The second-order valence-corrected chi connectivity index (χ2v) is 8.11. The Labute approximate surface area is 171 Å². The number of amides is 1. The second-order valence-electron chi connectivity index (χ2n) is 6.76. The predicted octanol–water partition coefficient (Wildman–Crippen LogP) is 5.50. The number of oxazole rings is 1. The number of nitrogens with one attached hydrogen (secondary N) is 1. The fourth-order valence-corrected chi connectivity index (χ4v) is 3.49. The average molecular weight is 446 g/mol. The third-order valence-corrected chi connectivity index (χ3v) is 5.55. The summed E-state index contributed by atoms with van der Waals surface area (Å²) in [5.74, 6) is 1.25. The van der Waals surface area contributed by atoms with Crippen molar-refractivity contribution in [1.29, 1.82) is 0 Å². The normalized spacial score (nSPS) is 14.7. The zero-order chi connectivity index (χ0) is 18.9. The van der Waals surface area contributed by atoms with Crippen molar-refractivity contribution in [2.45, 2.75) is 31.2 Å². The summed E-state index contributed by atoms with van der Waals surface area (Å²) in [7, 11) is 0. The first kappa shape index (κ1) is 18.3. The second kappa shape index (κ2) is 7.49. The SMILES string of the molecule is O=C(CCc1ncc(-c2ccc(Cl)cc2)o1)NC1(c2ccc(Br)cc2)CC1. The van der Waals surface area contributed by atoms with E-state index in [-0.39, 0.29) is 11.4 Å². The molecule has 1 aromatic heterocycles. The Balaban J connectivity index is 1.34. The van der Waals surface area contributed by atoms with Crippen molar-refractivity contribution in [3.8, 4) is 11.3 Å². The monoisotopic (exact) mass is 444 g/mol. The minimum atomic E-state index is -0.206. The molecule has 138 valence electrons. The summed E-state index contributed by atoms with van der Waals surface area (Å²) in [5, 5.41) is 3.86. The minimum absolute atomic E-state index is 0.0154. The summed E-state index contributed by atoms with van der Waals surface area (Å²) in [6.45, 7) is 0. The molecule has 0 aliphatic heterocycles. The largest absolute Gasteiger partial charge is 0.441 e. The van der Waals surface area contributed by atoms with Gasteiger partial charge >= 0.3 is 0 Å². The smallest absolute Gasteiger partial charge is 0.221 e. The standard InChI is InChI=1S/C21H18BrClN2O2/c22-16-5-3-15(4-6-16)21(11-12-21)25-19(26)9-10-20-24-13-18(27-20)14-1-7-17(23)8-2-14/h1-8,13H,9-12H2,(H,25,26). The lowest BCUT2D eigenvalue weighted by Crippen LogP contribution is -2.34. The molecule has 1 aliphatic carbocycles. The van der Waals surface area contributed by atoms with E-state index in [0.717, 1.165) is 28.4 Å². The lowest BCUT2D eigenvalue weighted by molar-refractivity contribution is -0.122. The summed E-state index contributed by atoms with van der Waals surface area (Å²) in [6, 6.07) is 15.5. The Kier molecular flexibility index (Phi) is 5.06. The van der Waals surface area contributed by atoms with Gasteiger partial charge in [-0.25, -0.2) is 4.98 Å². The van der Waals surface area contributed by atoms with Gasteiger partial charge in [-0.15, -0.1) is 0 Å². The van der Waals surface area contributed by atoms with Crippen molar-refractivity contribution < 1.29 is 9.21 Å². The molecule has 1 heterocycles. The zero-order valence-corrected chi connectivity index (χ0v) is 16.9. The van der Waals surface area contributed by atoms with Gasteiger partial charge in [0, 0.05) is 27.9 Å². The van der Waals surface area contributed by atoms with Crippen LogP contribution in [0.3, 0.4) is 0 Å². The molecule has 0 radical (unpaired) electrons. The number of carbonyl (C=O) groups excluding carboxylic acids is 1. The fraction of sp³-hybridized carbons (Fsp3) is 0.238. The molecule has 0 spiro atoms. The van der Waals surface area contributed by atoms with Crippen LogP contribution in [0.2, 0.25) is 5.02 Å². The third-order valence-electron chi connectivity index (χ3n) is 4.77. The highest BCUT2D eigenvalue weighted by Gasteiger charge is 2.45. The highest BCUT2D eigenvalue weighted by Crippen LogP contribution is 2.45. The van der Waals surface area contributed by atoms with Crippen molar-refractivity contribution >= 4 is 33.4 Å². The lowest BCUT2D eigenvalue weighted by atomic mass is 10.0. The van der Waals surface area contributed by atoms with Crippen LogP contribution in [0.25, 0.3) is 11.3 Å². The number of rotatable bonds is 6. The molecule has 1 saturated carbocycles. The van der Waals surface area contributed by atoms with Gasteiger partial charge in [-0.1, -0.05) is 39.7 Å². The van der Waals surface area contributed by atoms with Crippen molar-refractivity contribution in [2.24, 2.45) is 0 Å². The average Bonchev–Trinajstić information content (AvgIpc) is 3.28. The number of hydrogen-bond acceptors (Lipinski definition) is 3. The molecule has 0 bridgehead atoms. The maximum absolute atomic E-state index is 12.4. The van der Waals surface area contributed by atoms with E-state index in [1.807, 2.05) is 36.4 Å². The molecule has 1 N–H and O–H groups in total. The summed E-state index contributed by atoms with van der Waals surface area (Å²) in [4.78, 5) is 16.7. The van der Waals surface area contributed by atoms with E-state index in [2.05, 4.69) is 38.4 Å². The van der Waals surface area contributed by atoms with Gasteiger partial charge in [0.1, 0.15) is 0 Å². The molecule has 3 aromatic rings. The molecular weight excluding hydrogens is 428 g/mol. The third kappa shape index (κ3) is 4.25. The van der Waals surface area contributed by atoms with Crippen molar-refractivity contribution in [3.63, 3.8) is 0 Å². The number of aryl methyl sites for hydroxylation is 1. The van der Waals surface area contributed by atoms with Crippen LogP contribution < -0.4 is 5.32 Å². The summed E-state index contributed by atoms with van der Waals surface area (Å²) < 4.78 is 6.80. The number of aromatic nitrogens is 1. The number of benzene rings is 2. The van der Waals surface area contributed by atoms with Gasteiger partial charge in [0.05, 0.1) is 11.7 Å². The maximum Gasteiger partial charge on any atom is 0.221 e. The minimum Gasteiger partial charge on any atom is -0.441 e. The number of nitrogens with zero attached hydrogens (tertiary/aromatic N) is 1. The van der Waals surface area contributed by atoms with Crippen molar-refractivity contribution in [2.75, 3.05) is 0 Å². The van der Waals surface area contributed by atoms with Crippen molar-refractivity contribution in [3.05, 3.63) is 75.7 Å². The van der Waals surface area contributed by atoms with E-state index < -0.39 is 0 Å². The molecule has 27 heavy (non-hydrogen) atoms. The topological polar surface area (TPSA) is 55.1 Å². The Morgan fingerprint density at radius 3 is 2.52 bits per heavy atom. The van der Waals surface area contributed by atoms with E-state index in [4.69, 9.17) is 16.0 Å². The molecule has 6 heteroatoms. The fourth-order valence-electron chi connectivity index (χ4n) is 3.10. The van der Waals surface area contributed by atoms with Gasteiger partial charge in [-0.3, -0.25) is 4.79 Å². The van der Waals surface area contributed by atoms with Crippen LogP contribution in [-0.2, 0) is 16.8 Å². The van der Waals surface area contributed by atoms with Crippen LogP contribution in [0.15, 0.2) is 63.6 Å². The number of carbonyl (C=O) groups is 1. The van der Waals surface area contributed by atoms with Gasteiger partial charge in [0.2, 0.25) is 5.91 Å². The van der Waals surface area contributed by atoms with Crippen LogP contribution in [0.5, 0.6) is 0 Å². The molecular formula is C21H18BrClN2O2. The van der Waals surface area contributed by atoms with Crippen LogP contribution in [-0.4, -0.2) is 10.9 Å². The van der Waals surface area contributed by atoms with Gasteiger partial charge in [-0.05, 0) is 54.8 Å². The quantitative estimate of drug-likeness (QED) is 0.545. The summed E-state index contributed by atoms with van der Waals surface area (Å²) in [5.41, 5.74) is 1.86. The van der Waals surface area contributed by atoms with E-state index in [0.29, 0.717) is 29.5 Å². The molecule has 1 amide bonds. The van der Waals surface area contributed by atoms with E-state index in [1.165, 1.54) is 0 Å². The highest BCUT2D eigenvalue weighted by molar-refractivity contribution is 9.10. The molecule has 2 aromatic carbocycles. The Morgan fingerprint density at radius 2 is 1.85 bits per heavy atom. The predicted molar refractivity (Wildman–Crippen MR) is 108 cm³/mol. The molecule has 0 unspecified atom stereocenters. The molecule has 4 rings (SSSR count). The Hall–Kier alpha value is -2.11. The molecule has 1 fully saturated rings. The maximum atomic E-state index is 12.4. The number of hydrogen-bond donors (Lipinski definition) is 1. The van der Waals surface area contributed by atoms with E-state index >= 15 is 0 Å². The first-order valence-electron chi connectivity index (χ1n) is 8.82. The van der Waals surface area contributed by atoms with Crippen LogP contribution >= 0.6 is 27.5 Å². The van der Waals surface area contributed by atoms with Gasteiger partial charge < -0.3 is 9.73 Å². The zero-order valence-electron chi connectivity index (χ0n) is 14.5. The summed E-state index contributed by atoms with van der Waals surface area (Å²) in [6.07, 6.45) is 4.44. The Bertz CT molecular complexity index is 947. The first-order chi connectivity index (χ1) is 13.0. The first-order valence-corrected chi connectivity index (χ1v) is 9.99. The van der Waals surface area contributed by atoms with Gasteiger partial charge in [0.25, 0.3) is 0 Å². The molecule has 0 saturated heterocycles. The van der Waals surface area contributed by atoms with E-state index in [1.54, 1.807) is 6.20 Å². The van der Waals surface area contributed by atoms with Crippen LogP contribution in [0.4, 0.5) is 0 Å². The molecule has 4 nitrogen and oxygen atoms in total. The molecule has 1 aliphatic rings. The molecule has 0 atom stereocenters. The summed E-state index contributed by atoms with van der Waals surface area (Å²) >= 11 is 9.35. The number of halogens is 2. The van der Waals surface area contributed by atoms with Gasteiger partial charge in [-0.2, -0.15) is 0 Å². The van der Waals surface area contributed by atoms with Crippen molar-refractivity contribution in [1.82, 2.24) is 10.3 Å². The van der Waals surface area contributed by atoms with E-state index in [9.17, 15) is 4.79 Å². The van der Waals surface area contributed by atoms with Crippen LogP contribution in [0.1, 0.15) is 30.7 Å².